The molecule has 0 unspecified atom stereocenters. The number of halogens is 1. The minimum atomic E-state index is 0.675. The molecule has 0 spiro atoms. The fourth-order valence-electron chi connectivity index (χ4n) is 1.68. The molecule has 0 bridgehead atoms. The Balaban J connectivity index is 2.84. The van der Waals surface area contributed by atoms with Crippen LogP contribution in [0.2, 0.25) is 0 Å². The number of nitrogens with zero attached hydrogens (tertiary/aromatic N) is 1. The van der Waals surface area contributed by atoms with Gasteiger partial charge >= 0.3 is 0 Å². The molecule has 0 atom stereocenters. The molecule has 0 N–H and O–H groups in total. The maximum absolute atomic E-state index is 6.23. The Morgan fingerprint density at radius 1 is 1.48 bits per heavy atom. The van der Waals surface area contributed by atoms with Crippen molar-refractivity contribution in [2.75, 3.05) is 0 Å². The first kappa shape index (κ1) is 18.0. The van der Waals surface area contributed by atoms with Crippen molar-refractivity contribution in [3.8, 4) is 0 Å². The number of aromatic nitrogens is 1. The van der Waals surface area contributed by atoms with E-state index >= 15 is 0 Å². The second-order valence-electron chi connectivity index (χ2n) is 4.64. The molecule has 1 heterocycles. The highest BCUT2D eigenvalue weighted by Gasteiger charge is 2.09. The second-order valence-corrected chi connectivity index (χ2v) is 6.99. The van der Waals surface area contributed by atoms with Crippen molar-refractivity contribution in [2.24, 2.45) is 0 Å². The second kappa shape index (κ2) is 9.08. The minimum absolute atomic E-state index is 0.675. The molecule has 0 amide bonds. The van der Waals surface area contributed by atoms with E-state index < -0.39 is 0 Å². The molecule has 4 heteroatoms. The summed E-state index contributed by atoms with van der Waals surface area (Å²) in [5.41, 5.74) is 5.08. The van der Waals surface area contributed by atoms with E-state index in [4.69, 9.17) is 11.6 Å². The average Bonchev–Trinajstić information content (AvgIpc) is 2.96. The minimum Gasteiger partial charge on any atom is -0.244 e. The molecule has 0 saturated heterocycles. The zero-order valence-electron chi connectivity index (χ0n) is 12.6. The summed E-state index contributed by atoms with van der Waals surface area (Å²) in [6, 6.07) is 0. The van der Waals surface area contributed by atoms with Crippen LogP contribution in [0.15, 0.2) is 63.4 Å². The van der Waals surface area contributed by atoms with Crippen LogP contribution in [-0.2, 0) is 0 Å². The van der Waals surface area contributed by atoms with Gasteiger partial charge in [-0.05, 0) is 31.2 Å². The molecule has 0 aliphatic heterocycles. The van der Waals surface area contributed by atoms with Crippen LogP contribution in [0.3, 0.4) is 0 Å². The lowest BCUT2D eigenvalue weighted by Gasteiger charge is -2.10. The van der Waals surface area contributed by atoms with Gasteiger partial charge < -0.3 is 0 Å². The van der Waals surface area contributed by atoms with Gasteiger partial charge in [0.1, 0.15) is 0 Å². The topological polar surface area (TPSA) is 12.9 Å². The summed E-state index contributed by atoms with van der Waals surface area (Å²) in [5, 5.41) is 2.72. The van der Waals surface area contributed by atoms with E-state index in [9.17, 15) is 0 Å². The number of rotatable bonds is 7. The van der Waals surface area contributed by atoms with Crippen LogP contribution in [0.5, 0.6) is 0 Å². The van der Waals surface area contributed by atoms with Gasteiger partial charge in [0, 0.05) is 21.7 Å². The molecule has 0 fully saturated rings. The van der Waals surface area contributed by atoms with E-state index in [-0.39, 0.29) is 0 Å². The van der Waals surface area contributed by atoms with Crippen molar-refractivity contribution in [3.05, 3.63) is 69.1 Å². The highest BCUT2D eigenvalue weighted by Crippen LogP contribution is 2.36. The van der Waals surface area contributed by atoms with Crippen molar-refractivity contribution in [2.45, 2.75) is 27.2 Å². The van der Waals surface area contributed by atoms with Crippen LogP contribution >= 0.6 is 34.7 Å². The number of hydrogen-bond donors (Lipinski definition) is 0. The van der Waals surface area contributed by atoms with Gasteiger partial charge in [-0.2, -0.15) is 0 Å². The molecule has 112 valence electrons. The number of allylic oxidation sites excluding steroid dienone is 7. The van der Waals surface area contributed by atoms with Crippen molar-refractivity contribution in [1.82, 2.24) is 4.98 Å². The molecule has 1 aromatic heterocycles. The first-order valence-corrected chi connectivity index (χ1v) is 8.68. The highest BCUT2D eigenvalue weighted by atomic mass is 35.5. The number of thioether (sulfide) groups is 1. The van der Waals surface area contributed by atoms with Gasteiger partial charge in [0.15, 0.2) is 0 Å². The SMILES string of the molecule is C=C/C(Cl)=C(\C=C(C)C)CC(=C)S/C(=C\C)c1cscn1. The zero-order chi connectivity index (χ0) is 15.8. The van der Waals surface area contributed by atoms with E-state index in [0.29, 0.717) is 11.5 Å². The highest BCUT2D eigenvalue weighted by molar-refractivity contribution is 8.11. The van der Waals surface area contributed by atoms with Crippen molar-refractivity contribution < 1.29 is 0 Å². The van der Waals surface area contributed by atoms with E-state index in [2.05, 4.69) is 44.1 Å². The summed E-state index contributed by atoms with van der Waals surface area (Å²) in [4.78, 5) is 6.49. The first-order chi connectivity index (χ1) is 9.97. The first-order valence-electron chi connectivity index (χ1n) is 6.54. The Morgan fingerprint density at radius 3 is 2.67 bits per heavy atom. The van der Waals surface area contributed by atoms with Gasteiger partial charge in [-0.25, -0.2) is 4.98 Å². The lowest BCUT2D eigenvalue weighted by molar-refractivity contribution is 1.23. The molecule has 0 aliphatic carbocycles. The van der Waals surface area contributed by atoms with Crippen molar-refractivity contribution in [3.63, 3.8) is 0 Å². The van der Waals surface area contributed by atoms with Gasteiger partial charge in [0.2, 0.25) is 0 Å². The predicted octanol–water partition coefficient (Wildman–Crippen LogP) is 6.79. The molecule has 0 radical (unpaired) electrons. The third-order valence-electron chi connectivity index (χ3n) is 2.54. The summed E-state index contributed by atoms with van der Waals surface area (Å²) in [6.45, 7) is 14.0. The largest absolute Gasteiger partial charge is 0.244 e. The maximum Gasteiger partial charge on any atom is 0.0874 e. The Hall–Kier alpha value is -1.03. The maximum atomic E-state index is 6.23. The van der Waals surface area contributed by atoms with Crippen LogP contribution in [0.4, 0.5) is 0 Å². The van der Waals surface area contributed by atoms with Crippen LogP contribution in [0, 0.1) is 0 Å². The van der Waals surface area contributed by atoms with Crippen molar-refractivity contribution >= 4 is 39.6 Å². The molecule has 1 aromatic rings. The number of hydrogen-bond acceptors (Lipinski definition) is 3. The third-order valence-corrected chi connectivity index (χ3v) is 4.62. The fourth-order valence-corrected chi connectivity index (χ4v) is 3.30. The Bertz CT molecular complexity index is 588. The van der Waals surface area contributed by atoms with Gasteiger partial charge in [-0.15, -0.1) is 11.3 Å². The lowest BCUT2D eigenvalue weighted by atomic mass is 10.1. The van der Waals surface area contributed by atoms with Crippen molar-refractivity contribution in [1.29, 1.82) is 0 Å². The van der Waals surface area contributed by atoms with Crippen LogP contribution in [-0.4, -0.2) is 4.98 Å². The van der Waals surface area contributed by atoms with E-state index in [1.807, 2.05) is 17.8 Å². The Kier molecular flexibility index (Phi) is 7.79. The molecule has 0 saturated carbocycles. The van der Waals surface area contributed by atoms with E-state index in [1.54, 1.807) is 29.2 Å². The molecule has 0 aromatic carbocycles. The monoisotopic (exact) mass is 337 g/mol. The molecule has 1 rings (SSSR count). The molecule has 1 nitrogen and oxygen atoms in total. The Morgan fingerprint density at radius 2 is 2.19 bits per heavy atom. The molecular formula is C17H20ClNS2. The summed E-state index contributed by atoms with van der Waals surface area (Å²) in [6.07, 6.45) is 6.52. The van der Waals surface area contributed by atoms with E-state index in [1.165, 1.54) is 5.57 Å². The van der Waals surface area contributed by atoms with Gasteiger partial charge in [-0.3, -0.25) is 0 Å². The number of thiazole rings is 1. The summed E-state index contributed by atoms with van der Waals surface area (Å²) in [7, 11) is 0. The average molecular weight is 338 g/mol. The van der Waals surface area contributed by atoms with Gasteiger partial charge in [0.25, 0.3) is 0 Å². The smallest absolute Gasteiger partial charge is 0.0874 e. The van der Waals surface area contributed by atoms with E-state index in [0.717, 1.165) is 21.1 Å². The quantitative estimate of drug-likeness (QED) is 0.508. The molecule has 0 aliphatic rings. The van der Waals surface area contributed by atoms with Gasteiger partial charge in [-0.1, -0.05) is 60.3 Å². The van der Waals surface area contributed by atoms with Crippen LogP contribution in [0.25, 0.3) is 4.91 Å². The normalized spacial score (nSPS) is 12.7. The van der Waals surface area contributed by atoms with Crippen LogP contribution < -0.4 is 0 Å². The Labute approximate surface area is 140 Å². The predicted molar refractivity (Wildman–Crippen MR) is 99.6 cm³/mol. The summed E-state index contributed by atoms with van der Waals surface area (Å²) < 4.78 is 0. The zero-order valence-corrected chi connectivity index (χ0v) is 15.0. The van der Waals surface area contributed by atoms with Gasteiger partial charge in [0.05, 0.1) is 11.2 Å². The molecular weight excluding hydrogens is 318 g/mol. The lowest BCUT2D eigenvalue weighted by Crippen LogP contribution is -1.87. The fraction of sp³-hybridized carbons (Fsp3) is 0.235. The van der Waals surface area contributed by atoms with Crippen LogP contribution in [0.1, 0.15) is 32.9 Å². The third kappa shape index (κ3) is 6.08. The summed E-state index contributed by atoms with van der Waals surface area (Å²) >= 11 is 9.46. The summed E-state index contributed by atoms with van der Waals surface area (Å²) in [5.74, 6) is 0. The molecule has 21 heavy (non-hydrogen) atoms. The standard InChI is InChI=1S/C17H20ClNS2/c1-6-15(18)14(8-12(3)4)9-13(5)21-17(7-2)16-10-20-11-19-16/h6-8,10-11H,1,5,9H2,2-4H3/b15-14-,17-7-.